The van der Waals surface area contributed by atoms with E-state index < -0.39 is 12.6 Å². The SMILES string of the molecule is C#CCNCC(=O)NCCCCC(F)(F)F. The summed E-state index contributed by atoms with van der Waals surface area (Å²) in [6, 6.07) is 0. The summed E-state index contributed by atoms with van der Waals surface area (Å²) in [5, 5.41) is 5.16. The van der Waals surface area contributed by atoms with Crippen molar-refractivity contribution in [2.24, 2.45) is 0 Å². The molecule has 0 radical (unpaired) electrons. The first-order valence-electron chi connectivity index (χ1n) is 4.93. The zero-order valence-electron chi connectivity index (χ0n) is 8.86. The summed E-state index contributed by atoms with van der Waals surface area (Å²) in [5.74, 6) is 2.04. The van der Waals surface area contributed by atoms with Gasteiger partial charge in [-0.25, -0.2) is 0 Å². The van der Waals surface area contributed by atoms with Crippen molar-refractivity contribution in [3.05, 3.63) is 0 Å². The minimum absolute atomic E-state index is 0.0293. The van der Waals surface area contributed by atoms with Gasteiger partial charge in [-0.1, -0.05) is 5.92 Å². The highest BCUT2D eigenvalue weighted by atomic mass is 19.4. The Balaban J connectivity index is 3.32. The highest BCUT2D eigenvalue weighted by Gasteiger charge is 2.25. The molecule has 3 nitrogen and oxygen atoms in total. The highest BCUT2D eigenvalue weighted by molar-refractivity contribution is 5.77. The molecule has 0 fully saturated rings. The Hall–Kier alpha value is -1.22. The van der Waals surface area contributed by atoms with E-state index in [-0.39, 0.29) is 25.4 Å². The van der Waals surface area contributed by atoms with Crippen molar-refractivity contribution in [3.63, 3.8) is 0 Å². The maximum atomic E-state index is 11.7. The Labute approximate surface area is 92.8 Å². The molecule has 92 valence electrons. The van der Waals surface area contributed by atoms with Crippen molar-refractivity contribution in [2.45, 2.75) is 25.4 Å². The largest absolute Gasteiger partial charge is 0.389 e. The van der Waals surface area contributed by atoms with Gasteiger partial charge in [-0.05, 0) is 12.8 Å². The molecule has 0 aromatic carbocycles. The molecule has 0 unspecified atom stereocenters. The van der Waals surface area contributed by atoms with Crippen LogP contribution in [0.15, 0.2) is 0 Å². The number of unbranched alkanes of at least 4 members (excludes halogenated alkanes) is 1. The number of rotatable bonds is 7. The van der Waals surface area contributed by atoms with E-state index in [0.29, 0.717) is 13.0 Å². The molecule has 0 heterocycles. The lowest BCUT2D eigenvalue weighted by Gasteiger charge is -2.07. The van der Waals surface area contributed by atoms with Crippen LogP contribution in [0.2, 0.25) is 0 Å². The van der Waals surface area contributed by atoms with E-state index in [0.717, 1.165) is 0 Å². The van der Waals surface area contributed by atoms with Crippen LogP contribution in [0, 0.1) is 12.3 Å². The van der Waals surface area contributed by atoms with Crippen LogP contribution < -0.4 is 10.6 Å². The fraction of sp³-hybridized carbons (Fsp3) is 0.700. The first-order valence-corrected chi connectivity index (χ1v) is 4.93. The van der Waals surface area contributed by atoms with Gasteiger partial charge in [0.2, 0.25) is 5.91 Å². The molecule has 0 saturated carbocycles. The third-order valence-electron chi connectivity index (χ3n) is 1.72. The Morgan fingerprint density at radius 3 is 2.56 bits per heavy atom. The van der Waals surface area contributed by atoms with Crippen molar-refractivity contribution >= 4 is 5.91 Å². The van der Waals surface area contributed by atoms with Gasteiger partial charge < -0.3 is 5.32 Å². The lowest BCUT2D eigenvalue weighted by molar-refractivity contribution is -0.135. The number of carbonyl (C=O) groups excluding carboxylic acids is 1. The van der Waals surface area contributed by atoms with Crippen LogP contribution in [0.25, 0.3) is 0 Å². The average Bonchev–Trinajstić information content (AvgIpc) is 2.16. The third kappa shape index (κ3) is 10.9. The molecule has 0 atom stereocenters. The smallest absolute Gasteiger partial charge is 0.355 e. The topological polar surface area (TPSA) is 41.1 Å². The Morgan fingerprint density at radius 2 is 2.00 bits per heavy atom. The highest BCUT2D eigenvalue weighted by Crippen LogP contribution is 2.21. The van der Waals surface area contributed by atoms with E-state index in [9.17, 15) is 18.0 Å². The molecule has 16 heavy (non-hydrogen) atoms. The summed E-state index contributed by atoms with van der Waals surface area (Å²) >= 11 is 0. The summed E-state index contributed by atoms with van der Waals surface area (Å²) in [6.07, 6.45) is 0.374. The van der Waals surface area contributed by atoms with E-state index in [1.54, 1.807) is 0 Å². The fourth-order valence-electron chi connectivity index (χ4n) is 0.989. The number of halogens is 3. The molecule has 1 amide bonds. The van der Waals surface area contributed by atoms with E-state index in [1.165, 1.54) is 0 Å². The second kappa shape index (κ2) is 7.99. The molecule has 0 aromatic rings. The number of terminal acetylenes is 1. The summed E-state index contributed by atoms with van der Waals surface area (Å²) in [6.45, 7) is 0.637. The van der Waals surface area contributed by atoms with Crippen LogP contribution >= 0.6 is 0 Å². The zero-order chi connectivity index (χ0) is 12.4. The molecule has 0 saturated heterocycles. The van der Waals surface area contributed by atoms with Crippen LogP contribution in [0.5, 0.6) is 0 Å². The summed E-state index contributed by atoms with van der Waals surface area (Å²) < 4.78 is 35.2. The second-order valence-corrected chi connectivity index (χ2v) is 3.23. The summed E-state index contributed by atoms with van der Waals surface area (Å²) in [4.78, 5) is 11.0. The van der Waals surface area contributed by atoms with Gasteiger partial charge in [0.15, 0.2) is 0 Å². The van der Waals surface area contributed by atoms with Gasteiger partial charge in [-0.3, -0.25) is 10.1 Å². The van der Waals surface area contributed by atoms with Crippen LogP contribution in [0.3, 0.4) is 0 Å². The van der Waals surface area contributed by atoms with Crippen LogP contribution in [0.1, 0.15) is 19.3 Å². The van der Waals surface area contributed by atoms with Crippen molar-refractivity contribution in [2.75, 3.05) is 19.6 Å². The standard InChI is InChI=1S/C10H15F3N2O/c1-2-6-14-8-9(16)15-7-4-3-5-10(11,12)13/h1,14H,3-8H2,(H,15,16). The van der Waals surface area contributed by atoms with Gasteiger partial charge in [-0.2, -0.15) is 13.2 Å². The van der Waals surface area contributed by atoms with E-state index in [1.807, 2.05) is 0 Å². The zero-order valence-corrected chi connectivity index (χ0v) is 8.86. The number of amides is 1. The van der Waals surface area contributed by atoms with Gasteiger partial charge >= 0.3 is 6.18 Å². The molecule has 6 heteroatoms. The van der Waals surface area contributed by atoms with Gasteiger partial charge in [0.25, 0.3) is 0 Å². The number of hydrogen-bond donors (Lipinski definition) is 2. The lowest BCUT2D eigenvalue weighted by Crippen LogP contribution is -2.34. The molecule has 0 aliphatic rings. The van der Waals surface area contributed by atoms with Crippen molar-refractivity contribution < 1.29 is 18.0 Å². The van der Waals surface area contributed by atoms with Gasteiger partial charge in [0, 0.05) is 13.0 Å². The van der Waals surface area contributed by atoms with Crippen molar-refractivity contribution in [1.29, 1.82) is 0 Å². The Morgan fingerprint density at radius 1 is 1.31 bits per heavy atom. The average molecular weight is 236 g/mol. The molecule has 2 N–H and O–H groups in total. The quantitative estimate of drug-likeness (QED) is 0.512. The maximum absolute atomic E-state index is 11.7. The minimum Gasteiger partial charge on any atom is -0.355 e. The molecule has 0 bridgehead atoms. The molecule has 0 aromatic heterocycles. The Kier molecular flexibility index (Phi) is 7.38. The minimum atomic E-state index is -4.11. The number of hydrogen-bond acceptors (Lipinski definition) is 2. The van der Waals surface area contributed by atoms with Crippen LogP contribution in [0.4, 0.5) is 13.2 Å². The number of carbonyl (C=O) groups is 1. The normalized spacial score (nSPS) is 10.9. The van der Waals surface area contributed by atoms with Crippen molar-refractivity contribution in [3.8, 4) is 12.3 Å². The molecule has 0 spiro atoms. The monoisotopic (exact) mass is 236 g/mol. The molecular formula is C10H15F3N2O. The maximum Gasteiger partial charge on any atom is 0.389 e. The van der Waals surface area contributed by atoms with Gasteiger partial charge in [-0.15, -0.1) is 6.42 Å². The Bertz CT molecular complexity index is 245. The van der Waals surface area contributed by atoms with Gasteiger partial charge in [0.05, 0.1) is 13.1 Å². The number of nitrogens with one attached hydrogen (secondary N) is 2. The number of alkyl halides is 3. The van der Waals surface area contributed by atoms with E-state index in [4.69, 9.17) is 6.42 Å². The first kappa shape index (κ1) is 14.8. The fourth-order valence-corrected chi connectivity index (χ4v) is 0.989. The predicted octanol–water partition coefficient (Wildman–Crippen LogP) is 1.06. The molecule has 0 aliphatic heterocycles. The summed E-state index contributed by atoms with van der Waals surface area (Å²) in [7, 11) is 0. The van der Waals surface area contributed by atoms with Crippen LogP contribution in [-0.2, 0) is 4.79 Å². The lowest BCUT2D eigenvalue weighted by atomic mass is 10.2. The third-order valence-corrected chi connectivity index (χ3v) is 1.72. The molecule has 0 aliphatic carbocycles. The van der Waals surface area contributed by atoms with Gasteiger partial charge in [0.1, 0.15) is 0 Å². The van der Waals surface area contributed by atoms with E-state index >= 15 is 0 Å². The van der Waals surface area contributed by atoms with Crippen LogP contribution in [-0.4, -0.2) is 31.7 Å². The summed E-state index contributed by atoms with van der Waals surface area (Å²) in [5.41, 5.74) is 0. The molecule has 0 rings (SSSR count). The first-order chi connectivity index (χ1) is 7.45. The molecular weight excluding hydrogens is 221 g/mol. The predicted molar refractivity (Wildman–Crippen MR) is 54.6 cm³/mol. The van der Waals surface area contributed by atoms with E-state index in [2.05, 4.69) is 16.6 Å². The second-order valence-electron chi connectivity index (χ2n) is 3.23. The van der Waals surface area contributed by atoms with Crippen molar-refractivity contribution in [1.82, 2.24) is 10.6 Å².